The van der Waals surface area contributed by atoms with Crippen LogP contribution >= 0.6 is 31.9 Å². The van der Waals surface area contributed by atoms with Crippen LogP contribution in [0.25, 0.3) is 0 Å². The molecule has 8 heteroatoms. The van der Waals surface area contributed by atoms with Crippen molar-refractivity contribution in [3.63, 3.8) is 0 Å². The highest BCUT2D eigenvalue weighted by molar-refractivity contribution is 9.11. The molecule has 3 rings (SSSR count). The normalized spacial score (nSPS) is 10.2. The summed E-state index contributed by atoms with van der Waals surface area (Å²) < 4.78 is 1.81. The minimum atomic E-state index is 0.331. The van der Waals surface area contributed by atoms with E-state index in [4.69, 9.17) is 11.0 Å². The molecule has 0 aliphatic rings. The van der Waals surface area contributed by atoms with Crippen molar-refractivity contribution in [1.82, 2.24) is 9.97 Å². The molecule has 0 bridgehead atoms. The number of benzene rings is 2. The SMILES string of the molecule is Cc1cc(Br)c(Nc2cc(N)nc(Nc3ccc(C#N)cc3)n2)c(Br)c1. The van der Waals surface area contributed by atoms with E-state index < -0.39 is 0 Å². The van der Waals surface area contributed by atoms with Crippen LogP contribution in [0.5, 0.6) is 0 Å². The van der Waals surface area contributed by atoms with Gasteiger partial charge in [-0.2, -0.15) is 15.2 Å². The average molecular weight is 474 g/mol. The van der Waals surface area contributed by atoms with E-state index >= 15 is 0 Å². The monoisotopic (exact) mass is 472 g/mol. The number of aryl methyl sites for hydroxylation is 1. The Morgan fingerprint density at radius 3 is 2.27 bits per heavy atom. The zero-order valence-corrected chi connectivity index (χ0v) is 16.9. The van der Waals surface area contributed by atoms with Gasteiger partial charge in [-0.15, -0.1) is 0 Å². The number of nitrogen functional groups attached to an aromatic ring is 1. The summed E-state index contributed by atoms with van der Waals surface area (Å²) in [6.07, 6.45) is 0. The lowest BCUT2D eigenvalue weighted by atomic mass is 10.2. The summed E-state index contributed by atoms with van der Waals surface area (Å²) >= 11 is 7.10. The molecule has 4 N–H and O–H groups in total. The minimum absolute atomic E-state index is 0.331. The predicted molar refractivity (Wildman–Crippen MR) is 111 cm³/mol. The first-order chi connectivity index (χ1) is 12.4. The second kappa shape index (κ2) is 7.72. The summed E-state index contributed by atoms with van der Waals surface area (Å²) in [7, 11) is 0. The molecule has 0 saturated heterocycles. The molecule has 1 aromatic heterocycles. The fourth-order valence-corrected chi connectivity index (χ4v) is 3.90. The summed E-state index contributed by atoms with van der Waals surface area (Å²) in [5.41, 5.74) is 9.23. The maximum Gasteiger partial charge on any atom is 0.231 e. The Morgan fingerprint density at radius 2 is 1.65 bits per heavy atom. The third-order valence-electron chi connectivity index (χ3n) is 3.46. The molecule has 0 fully saturated rings. The van der Waals surface area contributed by atoms with Gasteiger partial charge in [-0.25, -0.2) is 0 Å². The topological polar surface area (TPSA) is 99.6 Å². The van der Waals surface area contributed by atoms with Crippen molar-refractivity contribution < 1.29 is 0 Å². The fraction of sp³-hybridized carbons (Fsp3) is 0.0556. The Morgan fingerprint density at radius 1 is 1.00 bits per heavy atom. The first-order valence-electron chi connectivity index (χ1n) is 7.59. The van der Waals surface area contributed by atoms with Gasteiger partial charge in [-0.3, -0.25) is 0 Å². The van der Waals surface area contributed by atoms with Crippen LogP contribution in [0.3, 0.4) is 0 Å². The molecule has 130 valence electrons. The number of halogens is 2. The second-order valence-electron chi connectivity index (χ2n) is 5.54. The van der Waals surface area contributed by atoms with Crippen molar-refractivity contribution in [1.29, 1.82) is 5.26 Å². The van der Waals surface area contributed by atoms with Crippen LogP contribution in [-0.2, 0) is 0 Å². The van der Waals surface area contributed by atoms with Gasteiger partial charge in [-0.05, 0) is 80.7 Å². The maximum absolute atomic E-state index is 8.87. The molecule has 0 aliphatic carbocycles. The molecule has 0 aliphatic heterocycles. The average Bonchev–Trinajstić information content (AvgIpc) is 2.58. The smallest absolute Gasteiger partial charge is 0.231 e. The molecule has 0 unspecified atom stereocenters. The molecule has 1 heterocycles. The Hall–Kier alpha value is -2.63. The quantitative estimate of drug-likeness (QED) is 0.478. The molecule has 0 radical (unpaired) electrons. The number of hydrogen-bond acceptors (Lipinski definition) is 6. The second-order valence-corrected chi connectivity index (χ2v) is 7.25. The van der Waals surface area contributed by atoms with Gasteiger partial charge in [0.2, 0.25) is 5.95 Å². The third-order valence-corrected chi connectivity index (χ3v) is 4.71. The Kier molecular flexibility index (Phi) is 5.40. The highest BCUT2D eigenvalue weighted by Crippen LogP contribution is 2.34. The van der Waals surface area contributed by atoms with Crippen LogP contribution in [0.2, 0.25) is 0 Å². The number of nitrogens with one attached hydrogen (secondary N) is 2. The van der Waals surface area contributed by atoms with Crippen LogP contribution in [-0.4, -0.2) is 9.97 Å². The number of anilines is 5. The van der Waals surface area contributed by atoms with E-state index in [1.54, 1.807) is 30.3 Å². The van der Waals surface area contributed by atoms with Crippen molar-refractivity contribution in [2.24, 2.45) is 0 Å². The summed E-state index contributed by atoms with van der Waals surface area (Å²) in [6, 6.07) is 14.7. The summed E-state index contributed by atoms with van der Waals surface area (Å²) in [5.74, 6) is 1.24. The summed E-state index contributed by atoms with van der Waals surface area (Å²) in [5, 5.41) is 15.2. The van der Waals surface area contributed by atoms with Crippen molar-refractivity contribution in [3.8, 4) is 6.07 Å². The van der Waals surface area contributed by atoms with Gasteiger partial charge >= 0.3 is 0 Å². The maximum atomic E-state index is 8.87. The van der Waals surface area contributed by atoms with E-state index in [2.05, 4.69) is 58.5 Å². The summed E-state index contributed by atoms with van der Waals surface area (Å²) in [4.78, 5) is 8.65. The van der Waals surface area contributed by atoms with Crippen molar-refractivity contribution in [2.45, 2.75) is 6.92 Å². The molecular weight excluding hydrogens is 460 g/mol. The lowest BCUT2D eigenvalue weighted by Crippen LogP contribution is -2.04. The van der Waals surface area contributed by atoms with Gasteiger partial charge in [0.15, 0.2) is 0 Å². The summed E-state index contributed by atoms with van der Waals surface area (Å²) in [6.45, 7) is 2.02. The van der Waals surface area contributed by atoms with E-state index in [9.17, 15) is 0 Å². The predicted octanol–water partition coefficient (Wildman–Crippen LogP) is 5.25. The minimum Gasteiger partial charge on any atom is -0.383 e. The molecule has 2 aromatic carbocycles. The van der Waals surface area contributed by atoms with Crippen LogP contribution in [0.15, 0.2) is 51.4 Å². The fourth-order valence-electron chi connectivity index (χ4n) is 2.29. The first kappa shape index (κ1) is 18.2. The van der Waals surface area contributed by atoms with E-state index in [0.29, 0.717) is 23.1 Å². The molecule has 6 nitrogen and oxygen atoms in total. The molecule has 0 saturated carbocycles. The van der Waals surface area contributed by atoms with E-state index in [1.165, 1.54) is 0 Å². The molecule has 0 atom stereocenters. The molecule has 26 heavy (non-hydrogen) atoms. The number of hydrogen-bond donors (Lipinski definition) is 3. The van der Waals surface area contributed by atoms with Crippen LogP contribution < -0.4 is 16.4 Å². The largest absolute Gasteiger partial charge is 0.383 e. The van der Waals surface area contributed by atoms with Crippen molar-refractivity contribution in [2.75, 3.05) is 16.4 Å². The van der Waals surface area contributed by atoms with Crippen LogP contribution in [0.1, 0.15) is 11.1 Å². The number of nitrogens with two attached hydrogens (primary N) is 1. The van der Waals surface area contributed by atoms with E-state index in [-0.39, 0.29) is 0 Å². The molecular formula is C18H14Br2N6. The van der Waals surface area contributed by atoms with Crippen molar-refractivity contribution >= 4 is 60.8 Å². The van der Waals surface area contributed by atoms with Crippen LogP contribution in [0.4, 0.5) is 29.0 Å². The lowest BCUT2D eigenvalue weighted by molar-refractivity contribution is 1.17. The number of aromatic nitrogens is 2. The number of nitrogens with zero attached hydrogens (tertiary/aromatic N) is 3. The standard InChI is InChI=1S/C18H14Br2N6/c1-10-6-13(19)17(14(20)7-10)25-16-8-15(22)24-18(26-16)23-12-4-2-11(9-21)3-5-12/h2-8H,1H3,(H4,22,23,24,25,26). The van der Waals surface area contributed by atoms with Crippen LogP contribution in [0, 0.1) is 18.3 Å². The molecule has 3 aromatic rings. The Labute approximate surface area is 167 Å². The molecule has 0 spiro atoms. The zero-order chi connectivity index (χ0) is 18.7. The van der Waals surface area contributed by atoms with Crippen molar-refractivity contribution in [3.05, 3.63) is 62.5 Å². The van der Waals surface area contributed by atoms with E-state index in [0.717, 1.165) is 25.9 Å². The number of rotatable bonds is 4. The number of nitriles is 1. The lowest BCUT2D eigenvalue weighted by Gasteiger charge is -2.13. The Balaban J connectivity index is 1.87. The molecule has 0 amide bonds. The zero-order valence-electron chi connectivity index (χ0n) is 13.7. The third kappa shape index (κ3) is 4.31. The van der Waals surface area contributed by atoms with E-state index in [1.807, 2.05) is 19.1 Å². The first-order valence-corrected chi connectivity index (χ1v) is 9.17. The van der Waals surface area contributed by atoms with Gasteiger partial charge in [-0.1, -0.05) is 0 Å². The van der Waals surface area contributed by atoms with Gasteiger partial charge in [0, 0.05) is 20.7 Å². The highest BCUT2D eigenvalue weighted by atomic mass is 79.9. The van der Waals surface area contributed by atoms with Gasteiger partial charge in [0.25, 0.3) is 0 Å². The van der Waals surface area contributed by atoms with Gasteiger partial charge in [0.1, 0.15) is 11.6 Å². The highest BCUT2D eigenvalue weighted by Gasteiger charge is 2.10. The Bertz CT molecular complexity index is 973. The van der Waals surface area contributed by atoms with Gasteiger partial charge in [0.05, 0.1) is 17.3 Å². The van der Waals surface area contributed by atoms with Gasteiger partial charge < -0.3 is 16.4 Å².